The Hall–Kier alpha value is -0.790. The Labute approximate surface area is 95.9 Å². The van der Waals surface area contributed by atoms with Crippen molar-refractivity contribution in [3.05, 3.63) is 39.9 Å². The molecular weight excluding hydrogens is 206 g/mol. The van der Waals surface area contributed by atoms with Crippen LogP contribution in [0.1, 0.15) is 30.4 Å². The fourth-order valence-electron chi connectivity index (χ4n) is 2.04. The van der Waals surface area contributed by atoms with Crippen molar-refractivity contribution in [2.24, 2.45) is 5.73 Å². The van der Waals surface area contributed by atoms with E-state index >= 15 is 0 Å². The van der Waals surface area contributed by atoms with Crippen LogP contribution in [0.4, 0.5) is 0 Å². The molecule has 0 aromatic heterocycles. The van der Waals surface area contributed by atoms with Gasteiger partial charge in [0.25, 0.3) is 0 Å². The molecule has 80 valence electrons. The first-order valence-electron chi connectivity index (χ1n) is 5.36. The first kappa shape index (κ1) is 10.7. The third-order valence-corrected chi connectivity index (χ3v) is 3.34. The van der Waals surface area contributed by atoms with Crippen LogP contribution in [0.5, 0.6) is 0 Å². The van der Waals surface area contributed by atoms with E-state index in [4.69, 9.17) is 17.3 Å². The van der Waals surface area contributed by atoms with Gasteiger partial charge in [0.2, 0.25) is 0 Å². The minimum absolute atomic E-state index is 0.365. The highest BCUT2D eigenvalue weighted by molar-refractivity contribution is 6.31. The number of nitrogens with two attached hydrogens (primary N) is 1. The molecule has 1 aliphatic rings. The van der Waals surface area contributed by atoms with Crippen LogP contribution in [0.3, 0.4) is 0 Å². The third kappa shape index (κ3) is 2.61. The van der Waals surface area contributed by atoms with E-state index < -0.39 is 0 Å². The Bertz CT molecular complexity index is 396. The molecule has 1 aliphatic carbocycles. The van der Waals surface area contributed by atoms with Crippen molar-refractivity contribution in [3.8, 4) is 0 Å². The number of benzene rings is 1. The number of hydrogen-bond donors (Lipinski definition) is 1. The molecule has 1 unspecified atom stereocenters. The van der Waals surface area contributed by atoms with Crippen LogP contribution in [0, 0.1) is 6.92 Å². The van der Waals surface area contributed by atoms with Crippen LogP contribution >= 0.6 is 11.6 Å². The van der Waals surface area contributed by atoms with Crippen molar-refractivity contribution in [3.63, 3.8) is 0 Å². The van der Waals surface area contributed by atoms with Gasteiger partial charge in [0.05, 0.1) is 0 Å². The Morgan fingerprint density at radius 2 is 2.27 bits per heavy atom. The molecule has 2 rings (SSSR count). The van der Waals surface area contributed by atoms with Crippen LogP contribution in [-0.2, 0) is 0 Å². The minimum Gasteiger partial charge on any atom is -0.327 e. The molecule has 1 fully saturated rings. The topological polar surface area (TPSA) is 26.0 Å². The van der Waals surface area contributed by atoms with Crippen molar-refractivity contribution < 1.29 is 0 Å². The van der Waals surface area contributed by atoms with Crippen molar-refractivity contribution in [1.82, 2.24) is 0 Å². The number of rotatable bonds is 1. The molecule has 0 spiro atoms. The zero-order valence-electron chi connectivity index (χ0n) is 8.96. The van der Waals surface area contributed by atoms with Gasteiger partial charge < -0.3 is 5.73 Å². The molecule has 0 bridgehead atoms. The van der Waals surface area contributed by atoms with E-state index in [2.05, 4.69) is 18.2 Å². The van der Waals surface area contributed by atoms with Gasteiger partial charge in [0.1, 0.15) is 0 Å². The highest BCUT2D eigenvalue weighted by Crippen LogP contribution is 2.26. The number of aryl methyl sites for hydroxylation is 1. The lowest BCUT2D eigenvalue weighted by atomic mass is 10.1. The summed E-state index contributed by atoms with van der Waals surface area (Å²) in [7, 11) is 0. The summed E-state index contributed by atoms with van der Waals surface area (Å²) in [6.07, 6.45) is 5.55. The maximum Gasteiger partial charge on any atom is 0.0435 e. The Morgan fingerprint density at radius 3 is 2.87 bits per heavy atom. The smallest absolute Gasteiger partial charge is 0.0435 e. The normalized spacial score (nSPS) is 23.7. The highest BCUT2D eigenvalue weighted by atomic mass is 35.5. The maximum atomic E-state index is 5.98. The zero-order chi connectivity index (χ0) is 10.8. The predicted octanol–water partition coefficient (Wildman–Crippen LogP) is 3.54. The second-order valence-electron chi connectivity index (χ2n) is 4.31. The predicted molar refractivity (Wildman–Crippen MR) is 66.0 cm³/mol. The third-order valence-electron chi connectivity index (χ3n) is 2.91. The van der Waals surface area contributed by atoms with Crippen LogP contribution in [-0.4, -0.2) is 6.04 Å². The maximum absolute atomic E-state index is 5.98. The van der Waals surface area contributed by atoms with E-state index in [1.807, 2.05) is 13.0 Å². The van der Waals surface area contributed by atoms with Crippen molar-refractivity contribution in [2.45, 2.75) is 32.2 Å². The number of halogens is 1. The van der Waals surface area contributed by atoms with Crippen molar-refractivity contribution in [1.29, 1.82) is 0 Å². The average molecular weight is 222 g/mol. The van der Waals surface area contributed by atoms with Gasteiger partial charge in [-0.1, -0.05) is 35.4 Å². The summed E-state index contributed by atoms with van der Waals surface area (Å²) in [5.74, 6) is 0. The van der Waals surface area contributed by atoms with Gasteiger partial charge >= 0.3 is 0 Å². The molecule has 0 aliphatic heterocycles. The van der Waals surface area contributed by atoms with Gasteiger partial charge in [-0.25, -0.2) is 0 Å². The van der Waals surface area contributed by atoms with Crippen molar-refractivity contribution >= 4 is 17.7 Å². The van der Waals surface area contributed by atoms with E-state index in [-0.39, 0.29) is 0 Å². The summed E-state index contributed by atoms with van der Waals surface area (Å²) in [6, 6.07) is 6.51. The van der Waals surface area contributed by atoms with E-state index in [1.165, 1.54) is 11.1 Å². The second kappa shape index (κ2) is 4.38. The average Bonchev–Trinajstić information content (AvgIpc) is 2.58. The van der Waals surface area contributed by atoms with Crippen LogP contribution in [0.15, 0.2) is 23.8 Å². The van der Waals surface area contributed by atoms with E-state index in [9.17, 15) is 0 Å². The molecule has 1 atom stereocenters. The van der Waals surface area contributed by atoms with Gasteiger partial charge in [0.15, 0.2) is 0 Å². The second-order valence-corrected chi connectivity index (χ2v) is 4.72. The first-order chi connectivity index (χ1) is 7.15. The van der Waals surface area contributed by atoms with Gasteiger partial charge in [-0.2, -0.15) is 0 Å². The molecule has 0 amide bonds. The number of hydrogen-bond acceptors (Lipinski definition) is 1. The SMILES string of the molecule is Cc1cc(/C=C2/CCC(N)C2)ccc1Cl. The van der Waals surface area contributed by atoms with E-state index in [0.29, 0.717) is 6.04 Å². The van der Waals surface area contributed by atoms with E-state index in [1.54, 1.807) is 0 Å². The van der Waals surface area contributed by atoms with Crippen molar-refractivity contribution in [2.75, 3.05) is 0 Å². The molecule has 0 heterocycles. The molecule has 1 aromatic rings. The molecule has 0 saturated heterocycles. The lowest BCUT2D eigenvalue weighted by Crippen LogP contribution is -2.13. The summed E-state index contributed by atoms with van der Waals surface area (Å²) < 4.78 is 0. The Balaban J connectivity index is 2.20. The molecule has 1 saturated carbocycles. The quantitative estimate of drug-likeness (QED) is 0.771. The lowest BCUT2D eigenvalue weighted by molar-refractivity contribution is 0.711. The largest absolute Gasteiger partial charge is 0.327 e. The summed E-state index contributed by atoms with van der Waals surface area (Å²) >= 11 is 5.98. The Kier molecular flexibility index (Phi) is 3.13. The van der Waals surface area contributed by atoms with Gasteiger partial charge in [0, 0.05) is 11.1 Å². The fraction of sp³-hybridized carbons (Fsp3) is 0.385. The fourth-order valence-corrected chi connectivity index (χ4v) is 2.15. The summed E-state index contributed by atoms with van der Waals surface area (Å²) in [5, 5.41) is 0.834. The standard InChI is InChI=1S/C13H16ClN/c1-9-6-10(3-5-13(9)14)7-11-2-4-12(15)8-11/h3,5-7,12H,2,4,8,15H2,1H3/b11-7-. The molecule has 15 heavy (non-hydrogen) atoms. The molecule has 0 radical (unpaired) electrons. The zero-order valence-corrected chi connectivity index (χ0v) is 9.72. The van der Waals surface area contributed by atoms with Crippen LogP contribution in [0.25, 0.3) is 6.08 Å². The minimum atomic E-state index is 0.365. The molecular formula is C13H16ClN. The Morgan fingerprint density at radius 1 is 1.47 bits per heavy atom. The van der Waals surface area contributed by atoms with Gasteiger partial charge in [-0.3, -0.25) is 0 Å². The summed E-state index contributed by atoms with van der Waals surface area (Å²) in [4.78, 5) is 0. The molecule has 2 heteroatoms. The van der Waals surface area contributed by atoms with E-state index in [0.717, 1.165) is 29.8 Å². The lowest BCUT2D eigenvalue weighted by Gasteiger charge is -2.01. The molecule has 1 nitrogen and oxygen atoms in total. The van der Waals surface area contributed by atoms with Gasteiger partial charge in [-0.05, 0) is 43.4 Å². The van der Waals surface area contributed by atoms with Crippen LogP contribution in [0.2, 0.25) is 5.02 Å². The van der Waals surface area contributed by atoms with Crippen LogP contribution < -0.4 is 5.73 Å². The van der Waals surface area contributed by atoms with Gasteiger partial charge in [-0.15, -0.1) is 0 Å². The molecule has 2 N–H and O–H groups in total. The summed E-state index contributed by atoms with van der Waals surface area (Å²) in [5.41, 5.74) is 9.70. The highest BCUT2D eigenvalue weighted by Gasteiger charge is 2.14. The molecule has 1 aromatic carbocycles. The summed E-state index contributed by atoms with van der Waals surface area (Å²) in [6.45, 7) is 2.03. The first-order valence-corrected chi connectivity index (χ1v) is 5.74. The monoisotopic (exact) mass is 221 g/mol.